The molecule has 1 unspecified atom stereocenters. The zero-order chi connectivity index (χ0) is 17.3. The second-order valence-electron chi connectivity index (χ2n) is 6.97. The summed E-state index contributed by atoms with van der Waals surface area (Å²) in [5.41, 5.74) is 0.648. The second-order valence-corrected chi connectivity index (χ2v) is 8.97. The van der Waals surface area contributed by atoms with Crippen molar-refractivity contribution in [2.45, 2.75) is 63.4 Å². The van der Waals surface area contributed by atoms with Crippen LogP contribution in [0.4, 0.5) is 8.78 Å². The van der Waals surface area contributed by atoms with Gasteiger partial charge < -0.3 is 9.29 Å². The van der Waals surface area contributed by atoms with E-state index in [4.69, 9.17) is 4.74 Å². The Hall–Kier alpha value is -0.690. The third kappa shape index (κ3) is 4.44. The fraction of sp³-hybridized carbons (Fsp3) is 0.647. The lowest BCUT2D eigenvalue weighted by Gasteiger charge is -2.27. The summed E-state index contributed by atoms with van der Waals surface area (Å²) in [5.74, 6) is -3.00. The molecule has 1 saturated heterocycles. The molecule has 1 aliphatic heterocycles. The molecular formula is C17H25F2NO2S. The molecule has 6 heteroatoms. The van der Waals surface area contributed by atoms with Gasteiger partial charge >= 0.3 is 0 Å². The predicted molar refractivity (Wildman–Crippen MR) is 88.8 cm³/mol. The molecule has 1 aromatic carbocycles. The van der Waals surface area contributed by atoms with Crippen LogP contribution in [0.15, 0.2) is 24.3 Å². The van der Waals surface area contributed by atoms with Crippen molar-refractivity contribution in [3.8, 4) is 0 Å². The van der Waals surface area contributed by atoms with E-state index in [1.165, 1.54) is 12.1 Å². The van der Waals surface area contributed by atoms with Crippen LogP contribution in [0.3, 0.4) is 0 Å². The van der Waals surface area contributed by atoms with Crippen LogP contribution in [0.1, 0.15) is 57.7 Å². The van der Waals surface area contributed by atoms with Crippen molar-refractivity contribution < 1.29 is 18.1 Å². The summed E-state index contributed by atoms with van der Waals surface area (Å²) in [4.78, 5) is 0. The van der Waals surface area contributed by atoms with Gasteiger partial charge in [-0.25, -0.2) is 0 Å². The van der Waals surface area contributed by atoms with Crippen molar-refractivity contribution >= 4 is 11.4 Å². The minimum Gasteiger partial charge on any atom is -0.598 e. The van der Waals surface area contributed by atoms with E-state index < -0.39 is 28.1 Å². The molecule has 0 aromatic heterocycles. The van der Waals surface area contributed by atoms with E-state index in [0.29, 0.717) is 25.0 Å². The van der Waals surface area contributed by atoms with E-state index in [2.05, 4.69) is 4.72 Å². The quantitative estimate of drug-likeness (QED) is 0.818. The molecule has 3 atom stereocenters. The molecular weight excluding hydrogens is 320 g/mol. The van der Waals surface area contributed by atoms with Gasteiger partial charge in [0, 0.05) is 23.5 Å². The Morgan fingerprint density at radius 1 is 1.35 bits per heavy atom. The third-order valence-corrected chi connectivity index (χ3v) is 5.63. The summed E-state index contributed by atoms with van der Waals surface area (Å²) in [6.07, 6.45) is -0.00799. The maximum Gasteiger partial charge on any atom is 0.298 e. The number of hydrogen-bond acceptors (Lipinski definition) is 3. The Bertz CT molecular complexity index is 528. The van der Waals surface area contributed by atoms with Crippen LogP contribution >= 0.6 is 0 Å². The second kappa shape index (κ2) is 7.05. The number of benzene rings is 1. The first-order chi connectivity index (χ1) is 10.6. The zero-order valence-corrected chi connectivity index (χ0v) is 14.9. The van der Waals surface area contributed by atoms with Crippen molar-refractivity contribution in [1.82, 2.24) is 4.72 Å². The fourth-order valence-corrected chi connectivity index (χ4v) is 3.28. The van der Waals surface area contributed by atoms with Crippen LogP contribution in [0.25, 0.3) is 0 Å². The normalized spacial score (nSPS) is 22.1. The maximum atomic E-state index is 14.6. The van der Waals surface area contributed by atoms with Gasteiger partial charge in [0.15, 0.2) is 0 Å². The van der Waals surface area contributed by atoms with Crippen molar-refractivity contribution in [3.63, 3.8) is 0 Å². The molecule has 3 nitrogen and oxygen atoms in total. The highest BCUT2D eigenvalue weighted by Crippen LogP contribution is 2.38. The molecule has 23 heavy (non-hydrogen) atoms. The number of halogens is 2. The summed E-state index contributed by atoms with van der Waals surface area (Å²) in [5, 5.41) is 0. The van der Waals surface area contributed by atoms with E-state index in [9.17, 15) is 13.3 Å². The number of alkyl halides is 2. The first kappa shape index (κ1) is 18.6. The van der Waals surface area contributed by atoms with Gasteiger partial charge in [-0.2, -0.15) is 8.78 Å². The number of ether oxygens (including phenoxy) is 1. The Labute approximate surface area is 140 Å². The van der Waals surface area contributed by atoms with E-state index >= 15 is 0 Å². The zero-order valence-electron chi connectivity index (χ0n) is 14.1. The Morgan fingerprint density at radius 3 is 2.61 bits per heavy atom. The number of hydrogen-bond donors (Lipinski definition) is 1. The van der Waals surface area contributed by atoms with Crippen LogP contribution in [-0.4, -0.2) is 22.0 Å². The highest BCUT2D eigenvalue weighted by molar-refractivity contribution is 7.90. The van der Waals surface area contributed by atoms with Gasteiger partial charge in [0.1, 0.15) is 10.9 Å². The molecule has 2 rings (SSSR count). The summed E-state index contributed by atoms with van der Waals surface area (Å²) in [7, 11) is 0. The van der Waals surface area contributed by atoms with Gasteiger partial charge in [-0.15, -0.1) is 4.72 Å². The summed E-state index contributed by atoms with van der Waals surface area (Å²) >= 11 is -1.26. The molecule has 0 saturated carbocycles. The van der Waals surface area contributed by atoms with Crippen LogP contribution < -0.4 is 4.72 Å². The Kier molecular flexibility index (Phi) is 5.72. The molecule has 0 radical (unpaired) electrons. The number of nitrogens with one attached hydrogen (secondary N) is 1. The van der Waals surface area contributed by atoms with E-state index in [1.807, 2.05) is 27.7 Å². The van der Waals surface area contributed by atoms with Gasteiger partial charge in [0.05, 0.1) is 6.04 Å². The molecule has 0 bridgehead atoms. The third-order valence-electron chi connectivity index (χ3n) is 3.95. The molecule has 130 valence electrons. The summed E-state index contributed by atoms with van der Waals surface area (Å²) in [6, 6.07) is 6.02. The number of rotatable bonds is 5. The van der Waals surface area contributed by atoms with Gasteiger partial charge in [-0.1, -0.05) is 18.2 Å². The van der Waals surface area contributed by atoms with E-state index in [0.717, 1.165) is 0 Å². The molecule has 0 aliphatic carbocycles. The molecule has 1 heterocycles. The predicted octanol–water partition coefficient (Wildman–Crippen LogP) is 4.07. The van der Waals surface area contributed by atoms with Crippen LogP contribution in [0, 0.1) is 0 Å². The molecule has 0 spiro atoms. The highest BCUT2D eigenvalue weighted by Gasteiger charge is 2.44. The molecule has 0 amide bonds. The first-order valence-electron chi connectivity index (χ1n) is 7.90. The lowest BCUT2D eigenvalue weighted by Crippen LogP contribution is -2.40. The van der Waals surface area contributed by atoms with Crippen molar-refractivity contribution in [3.05, 3.63) is 35.4 Å². The molecule has 1 N–H and O–H groups in total. The van der Waals surface area contributed by atoms with Crippen molar-refractivity contribution in [1.29, 1.82) is 0 Å². The van der Waals surface area contributed by atoms with Crippen molar-refractivity contribution in [2.24, 2.45) is 0 Å². The molecule has 1 aliphatic rings. The Morgan fingerprint density at radius 2 is 2.04 bits per heavy atom. The standard InChI is InChI=1S/C17H25F2NO2S/c1-12(20-23(21)16(2,3)4)13-7-5-8-14(11-13)17(18,19)15-9-6-10-22-15/h5,7-8,11-12,15,20H,6,9-10H2,1-4H3/t12-,15?,23+/m0/s1. The van der Waals surface area contributed by atoms with E-state index in [-0.39, 0.29) is 11.6 Å². The van der Waals surface area contributed by atoms with Gasteiger partial charge in [-0.05, 0) is 52.2 Å². The topological polar surface area (TPSA) is 44.3 Å². The fourth-order valence-electron chi connectivity index (χ4n) is 2.47. The largest absolute Gasteiger partial charge is 0.598 e. The average Bonchev–Trinajstić information content (AvgIpc) is 3.01. The lowest BCUT2D eigenvalue weighted by atomic mass is 9.97. The van der Waals surface area contributed by atoms with Gasteiger partial charge in [0.25, 0.3) is 5.92 Å². The Balaban J connectivity index is 2.16. The van der Waals surface area contributed by atoms with Gasteiger partial charge in [-0.3, -0.25) is 0 Å². The SMILES string of the molecule is C[C@H](N[S@+]([O-])C(C)(C)C)c1cccc(C(F)(F)C2CCCO2)c1. The van der Waals surface area contributed by atoms with Crippen LogP contribution in [0.2, 0.25) is 0 Å². The van der Waals surface area contributed by atoms with Gasteiger partial charge in [0.2, 0.25) is 0 Å². The smallest absolute Gasteiger partial charge is 0.298 e. The van der Waals surface area contributed by atoms with Crippen LogP contribution in [0.5, 0.6) is 0 Å². The van der Waals surface area contributed by atoms with Crippen LogP contribution in [-0.2, 0) is 22.0 Å². The molecule has 1 fully saturated rings. The maximum absolute atomic E-state index is 14.6. The highest BCUT2D eigenvalue weighted by atomic mass is 32.2. The summed E-state index contributed by atoms with van der Waals surface area (Å²) in [6.45, 7) is 7.82. The monoisotopic (exact) mass is 345 g/mol. The van der Waals surface area contributed by atoms with E-state index in [1.54, 1.807) is 12.1 Å². The van der Waals surface area contributed by atoms with Crippen molar-refractivity contribution in [2.75, 3.05) is 6.61 Å². The first-order valence-corrected chi connectivity index (χ1v) is 9.05. The summed E-state index contributed by atoms with van der Waals surface area (Å²) < 4.78 is 49.0. The lowest BCUT2D eigenvalue weighted by molar-refractivity contribution is -0.122. The average molecular weight is 345 g/mol. The minimum atomic E-state index is -3.00. The minimum absolute atomic E-state index is 0.0444. The molecule has 1 aromatic rings.